The minimum atomic E-state index is 0.963. The van der Waals surface area contributed by atoms with Crippen molar-refractivity contribution in [1.82, 2.24) is 15.1 Å². The fourth-order valence-corrected chi connectivity index (χ4v) is 3.03. The van der Waals surface area contributed by atoms with Crippen LogP contribution in [0.3, 0.4) is 0 Å². The Kier molecular flexibility index (Phi) is 6.15. The Labute approximate surface area is 125 Å². The Bertz CT molecular complexity index is 522. The van der Waals surface area contributed by atoms with Crippen molar-refractivity contribution in [3.05, 3.63) is 47.8 Å². The van der Waals surface area contributed by atoms with Gasteiger partial charge in [-0.2, -0.15) is 5.10 Å². The third kappa shape index (κ3) is 5.02. The van der Waals surface area contributed by atoms with Crippen LogP contribution in [0, 0.1) is 0 Å². The molecular weight excluding hydrogens is 266 g/mol. The summed E-state index contributed by atoms with van der Waals surface area (Å²) in [7, 11) is 1.96. The zero-order valence-electron chi connectivity index (χ0n) is 12.3. The van der Waals surface area contributed by atoms with E-state index in [-0.39, 0.29) is 0 Å². The summed E-state index contributed by atoms with van der Waals surface area (Å²) in [5, 5.41) is 7.64. The van der Waals surface area contributed by atoms with Crippen LogP contribution in [0.5, 0.6) is 0 Å². The number of aromatic nitrogens is 2. The Morgan fingerprint density at radius 2 is 2.20 bits per heavy atom. The van der Waals surface area contributed by atoms with Crippen molar-refractivity contribution in [2.45, 2.75) is 31.2 Å². The van der Waals surface area contributed by atoms with Crippen LogP contribution in [0.2, 0.25) is 0 Å². The van der Waals surface area contributed by atoms with E-state index in [4.69, 9.17) is 0 Å². The first kappa shape index (κ1) is 15.1. The van der Waals surface area contributed by atoms with E-state index in [0.717, 1.165) is 25.3 Å². The Morgan fingerprint density at radius 3 is 2.95 bits per heavy atom. The highest BCUT2D eigenvalue weighted by Crippen LogP contribution is 2.20. The largest absolute Gasteiger partial charge is 0.313 e. The van der Waals surface area contributed by atoms with Crippen molar-refractivity contribution in [3.8, 4) is 0 Å². The lowest BCUT2D eigenvalue weighted by molar-refractivity contribution is 0.674. The van der Waals surface area contributed by atoms with Crippen molar-refractivity contribution >= 4 is 11.8 Å². The molecule has 1 heterocycles. The molecule has 1 N–H and O–H groups in total. The number of hydrogen-bond donors (Lipinski definition) is 1. The molecule has 0 saturated heterocycles. The molecule has 2 rings (SSSR count). The van der Waals surface area contributed by atoms with Gasteiger partial charge in [-0.05, 0) is 42.6 Å². The molecule has 1 aromatic carbocycles. The second-order valence-electron chi connectivity index (χ2n) is 4.94. The predicted molar refractivity (Wildman–Crippen MR) is 86.1 cm³/mol. The van der Waals surface area contributed by atoms with Crippen LogP contribution in [-0.4, -0.2) is 22.1 Å². The summed E-state index contributed by atoms with van der Waals surface area (Å²) in [6, 6.07) is 8.82. The molecule has 0 bridgehead atoms. The summed E-state index contributed by atoms with van der Waals surface area (Å²) in [6.45, 7) is 4.24. The lowest BCUT2D eigenvalue weighted by Gasteiger charge is -2.06. The third-order valence-electron chi connectivity index (χ3n) is 3.07. The molecule has 0 spiro atoms. The number of aryl methyl sites for hydroxylation is 2. The van der Waals surface area contributed by atoms with Crippen molar-refractivity contribution in [3.63, 3.8) is 0 Å². The van der Waals surface area contributed by atoms with Crippen molar-refractivity contribution in [1.29, 1.82) is 0 Å². The fourth-order valence-electron chi connectivity index (χ4n) is 2.04. The quantitative estimate of drug-likeness (QED) is 0.597. The van der Waals surface area contributed by atoms with E-state index in [1.807, 2.05) is 29.7 Å². The summed E-state index contributed by atoms with van der Waals surface area (Å²) in [4.78, 5) is 1.35. The zero-order chi connectivity index (χ0) is 14.2. The van der Waals surface area contributed by atoms with Gasteiger partial charge in [0.15, 0.2) is 0 Å². The maximum absolute atomic E-state index is 4.20. The Morgan fingerprint density at radius 1 is 1.30 bits per heavy atom. The van der Waals surface area contributed by atoms with Crippen LogP contribution in [0.15, 0.2) is 41.6 Å². The number of nitrogens with one attached hydrogen (secondary N) is 1. The second kappa shape index (κ2) is 8.12. The average molecular weight is 289 g/mol. The molecule has 0 amide bonds. The van der Waals surface area contributed by atoms with E-state index in [2.05, 4.69) is 47.8 Å². The number of thioether (sulfide) groups is 1. The maximum atomic E-state index is 4.20. The first-order valence-electron chi connectivity index (χ1n) is 7.18. The molecule has 0 aliphatic heterocycles. The molecule has 0 unspecified atom stereocenters. The van der Waals surface area contributed by atoms with Gasteiger partial charge in [0, 0.05) is 30.4 Å². The van der Waals surface area contributed by atoms with Gasteiger partial charge >= 0.3 is 0 Å². The molecule has 0 fully saturated rings. The molecule has 1 aromatic heterocycles. The van der Waals surface area contributed by atoms with Gasteiger partial charge < -0.3 is 5.32 Å². The van der Waals surface area contributed by atoms with Gasteiger partial charge in [0.05, 0.1) is 6.20 Å². The van der Waals surface area contributed by atoms with E-state index >= 15 is 0 Å². The summed E-state index contributed by atoms with van der Waals surface area (Å²) in [5.41, 5.74) is 2.67. The highest BCUT2D eigenvalue weighted by Gasteiger charge is 1.99. The molecule has 0 atom stereocenters. The van der Waals surface area contributed by atoms with Gasteiger partial charge in [0.25, 0.3) is 0 Å². The van der Waals surface area contributed by atoms with Crippen LogP contribution in [0.1, 0.15) is 24.5 Å². The highest BCUT2D eigenvalue weighted by molar-refractivity contribution is 7.99. The van der Waals surface area contributed by atoms with Gasteiger partial charge in [0.2, 0.25) is 0 Å². The third-order valence-corrected chi connectivity index (χ3v) is 4.07. The zero-order valence-corrected chi connectivity index (χ0v) is 13.1. The van der Waals surface area contributed by atoms with Gasteiger partial charge in [-0.25, -0.2) is 0 Å². The predicted octanol–water partition coefficient (Wildman–Crippen LogP) is 3.25. The van der Waals surface area contributed by atoms with Crippen LogP contribution in [0.25, 0.3) is 0 Å². The van der Waals surface area contributed by atoms with E-state index in [9.17, 15) is 0 Å². The van der Waals surface area contributed by atoms with Crippen molar-refractivity contribution in [2.75, 3.05) is 12.3 Å². The van der Waals surface area contributed by atoms with E-state index < -0.39 is 0 Å². The standard InChI is InChI=1S/C16H23N3S/c1-3-8-17-11-14-5-4-6-16(10-14)20-9-7-15-12-18-19(2)13-15/h4-6,10,12-13,17H,3,7-9,11H2,1-2H3. The molecule has 0 saturated carbocycles. The monoisotopic (exact) mass is 289 g/mol. The molecule has 108 valence electrons. The molecule has 20 heavy (non-hydrogen) atoms. The van der Waals surface area contributed by atoms with E-state index in [1.54, 1.807) is 0 Å². The molecular formula is C16H23N3S. The summed E-state index contributed by atoms with van der Waals surface area (Å²) < 4.78 is 1.86. The average Bonchev–Trinajstić information content (AvgIpc) is 2.85. The number of hydrogen-bond acceptors (Lipinski definition) is 3. The van der Waals surface area contributed by atoms with Crippen LogP contribution >= 0.6 is 11.8 Å². The Hall–Kier alpha value is -1.26. The van der Waals surface area contributed by atoms with Crippen LogP contribution in [-0.2, 0) is 20.0 Å². The van der Waals surface area contributed by atoms with Crippen LogP contribution < -0.4 is 5.32 Å². The minimum absolute atomic E-state index is 0.963. The topological polar surface area (TPSA) is 29.9 Å². The smallest absolute Gasteiger partial charge is 0.0521 e. The van der Waals surface area contributed by atoms with E-state index in [0.29, 0.717) is 0 Å². The van der Waals surface area contributed by atoms with Gasteiger partial charge in [-0.3, -0.25) is 4.68 Å². The molecule has 0 aliphatic rings. The fraction of sp³-hybridized carbons (Fsp3) is 0.438. The SMILES string of the molecule is CCCNCc1cccc(SCCc2cnn(C)c2)c1. The lowest BCUT2D eigenvalue weighted by Crippen LogP contribution is -2.13. The van der Waals surface area contributed by atoms with Crippen molar-refractivity contribution < 1.29 is 0 Å². The summed E-state index contributed by atoms with van der Waals surface area (Å²) >= 11 is 1.91. The van der Waals surface area contributed by atoms with Crippen LogP contribution in [0.4, 0.5) is 0 Å². The van der Waals surface area contributed by atoms with Gasteiger partial charge in [-0.1, -0.05) is 19.1 Å². The summed E-state index contributed by atoms with van der Waals surface area (Å²) in [6.07, 6.45) is 6.29. The van der Waals surface area contributed by atoms with Gasteiger partial charge in [-0.15, -0.1) is 11.8 Å². The number of rotatable bonds is 8. The summed E-state index contributed by atoms with van der Waals surface area (Å²) in [5.74, 6) is 1.09. The van der Waals surface area contributed by atoms with E-state index in [1.165, 1.54) is 22.4 Å². The molecule has 2 aromatic rings. The molecule has 0 aliphatic carbocycles. The number of nitrogens with zero attached hydrogens (tertiary/aromatic N) is 2. The first-order valence-corrected chi connectivity index (χ1v) is 8.16. The number of benzene rings is 1. The highest BCUT2D eigenvalue weighted by atomic mass is 32.2. The normalized spacial score (nSPS) is 10.9. The first-order chi connectivity index (χ1) is 9.78. The van der Waals surface area contributed by atoms with Crippen molar-refractivity contribution in [2.24, 2.45) is 7.05 Å². The molecule has 0 radical (unpaired) electrons. The second-order valence-corrected chi connectivity index (χ2v) is 6.11. The lowest BCUT2D eigenvalue weighted by atomic mass is 10.2. The van der Waals surface area contributed by atoms with Gasteiger partial charge in [0.1, 0.15) is 0 Å². The minimum Gasteiger partial charge on any atom is -0.313 e. The molecule has 3 nitrogen and oxygen atoms in total. The molecule has 4 heteroatoms. The Balaban J connectivity index is 1.78. The maximum Gasteiger partial charge on any atom is 0.0521 e.